The second-order valence-corrected chi connectivity index (χ2v) is 8.37. The van der Waals surface area contributed by atoms with Gasteiger partial charge in [0.05, 0.1) is 12.1 Å². The Morgan fingerprint density at radius 2 is 1.75 bits per heavy atom. The van der Waals surface area contributed by atoms with Gasteiger partial charge in [-0.1, -0.05) is 19.8 Å². The van der Waals surface area contributed by atoms with E-state index in [1.54, 1.807) is 0 Å². The molecule has 0 spiro atoms. The van der Waals surface area contributed by atoms with E-state index in [0.717, 1.165) is 25.9 Å². The fourth-order valence-electron chi connectivity index (χ4n) is 4.42. The zero-order chi connectivity index (χ0) is 18.6. The summed E-state index contributed by atoms with van der Waals surface area (Å²) < 4.78 is 5.33. The number of nitrogens with one attached hydrogen (secondary N) is 1. The maximum Gasteiger partial charge on any atom is 0.242 e. The average molecular weight is 439 g/mol. The average Bonchev–Trinajstić information content (AvgIpc) is 2.62. The molecule has 3 rings (SSSR count). The van der Waals surface area contributed by atoms with Crippen molar-refractivity contribution in [2.75, 3.05) is 45.9 Å². The summed E-state index contributed by atoms with van der Waals surface area (Å²) in [7, 11) is 0. The van der Waals surface area contributed by atoms with Crippen LogP contribution in [0.25, 0.3) is 0 Å². The van der Waals surface area contributed by atoms with Crippen LogP contribution in [0.5, 0.6) is 0 Å². The van der Waals surface area contributed by atoms with Crippen molar-refractivity contribution in [3.63, 3.8) is 0 Å². The van der Waals surface area contributed by atoms with E-state index in [2.05, 4.69) is 17.1 Å². The van der Waals surface area contributed by atoms with E-state index in [1.807, 2.05) is 4.90 Å². The maximum atomic E-state index is 12.7. The van der Waals surface area contributed by atoms with Crippen LogP contribution in [-0.4, -0.2) is 79.1 Å². The molecule has 2 aliphatic heterocycles. The Kier molecular flexibility index (Phi) is 10.5. The molecule has 0 radical (unpaired) electrons. The van der Waals surface area contributed by atoms with Crippen LogP contribution >= 0.6 is 24.8 Å². The third kappa shape index (κ3) is 6.73. The van der Waals surface area contributed by atoms with Crippen LogP contribution in [0.1, 0.15) is 45.4 Å². The van der Waals surface area contributed by atoms with E-state index in [9.17, 15) is 9.59 Å². The molecule has 2 saturated heterocycles. The molecule has 0 bridgehead atoms. The highest BCUT2D eigenvalue weighted by Crippen LogP contribution is 2.24. The Labute approximate surface area is 180 Å². The minimum Gasteiger partial charge on any atom is -0.381 e. The largest absolute Gasteiger partial charge is 0.381 e. The summed E-state index contributed by atoms with van der Waals surface area (Å²) in [6, 6.07) is 0.333. The monoisotopic (exact) mass is 438 g/mol. The van der Waals surface area contributed by atoms with Gasteiger partial charge in [-0.2, -0.15) is 0 Å². The molecule has 2 amide bonds. The van der Waals surface area contributed by atoms with Crippen molar-refractivity contribution >= 4 is 36.6 Å². The standard InChI is InChI=1S/C19H34N4O3.2ClH/c1-15-3-2-4-16(13-15)21-17(24)14-22-7-9-23(10-8-22)18(25)19(20)5-11-26-12-6-19;;/h15-16H,2-14,20H2,1H3,(H,21,24);2*1H. The minimum atomic E-state index is -0.768. The maximum absolute atomic E-state index is 12.7. The number of carbonyl (C=O) groups is 2. The van der Waals surface area contributed by atoms with Gasteiger partial charge in [0.1, 0.15) is 0 Å². The van der Waals surface area contributed by atoms with Gasteiger partial charge >= 0.3 is 0 Å². The van der Waals surface area contributed by atoms with Crippen LogP contribution in [0.3, 0.4) is 0 Å². The second-order valence-electron chi connectivity index (χ2n) is 8.37. The summed E-state index contributed by atoms with van der Waals surface area (Å²) in [4.78, 5) is 29.1. The third-order valence-electron chi connectivity index (χ3n) is 6.14. The summed E-state index contributed by atoms with van der Waals surface area (Å²) in [5.41, 5.74) is 5.55. The SMILES string of the molecule is CC1CCCC(NC(=O)CN2CCN(C(=O)C3(N)CCOCC3)CC2)C1.Cl.Cl. The first-order valence-corrected chi connectivity index (χ1v) is 10.1. The van der Waals surface area contributed by atoms with Crippen molar-refractivity contribution in [1.82, 2.24) is 15.1 Å². The molecule has 0 aromatic carbocycles. The van der Waals surface area contributed by atoms with Gasteiger partial charge in [0.25, 0.3) is 0 Å². The van der Waals surface area contributed by atoms with Crippen LogP contribution in [0.4, 0.5) is 0 Å². The van der Waals surface area contributed by atoms with Gasteiger partial charge in [0.2, 0.25) is 11.8 Å². The molecule has 3 N–H and O–H groups in total. The lowest BCUT2D eigenvalue weighted by Crippen LogP contribution is -2.61. The van der Waals surface area contributed by atoms with Gasteiger partial charge in [0, 0.05) is 45.4 Å². The van der Waals surface area contributed by atoms with E-state index in [1.165, 1.54) is 12.8 Å². The Morgan fingerprint density at radius 1 is 1.11 bits per heavy atom. The van der Waals surface area contributed by atoms with Crippen LogP contribution < -0.4 is 11.1 Å². The van der Waals surface area contributed by atoms with Gasteiger partial charge in [0.15, 0.2) is 0 Å². The zero-order valence-corrected chi connectivity index (χ0v) is 18.5. The number of nitrogens with two attached hydrogens (primary N) is 1. The van der Waals surface area contributed by atoms with Gasteiger partial charge in [-0.05, 0) is 31.6 Å². The van der Waals surface area contributed by atoms with Crippen molar-refractivity contribution in [3.05, 3.63) is 0 Å². The summed E-state index contributed by atoms with van der Waals surface area (Å²) in [6.07, 6.45) is 5.86. The highest BCUT2D eigenvalue weighted by Gasteiger charge is 2.39. The van der Waals surface area contributed by atoms with Gasteiger partial charge in [-0.3, -0.25) is 14.5 Å². The number of carbonyl (C=O) groups excluding carboxylic acids is 2. The molecule has 3 fully saturated rings. The predicted molar refractivity (Wildman–Crippen MR) is 114 cm³/mol. The summed E-state index contributed by atoms with van der Waals surface area (Å²) in [6.45, 7) is 6.55. The van der Waals surface area contributed by atoms with Crippen molar-refractivity contribution < 1.29 is 14.3 Å². The molecule has 164 valence electrons. The highest BCUT2D eigenvalue weighted by molar-refractivity contribution is 5.86. The van der Waals surface area contributed by atoms with Crippen LogP contribution in [0, 0.1) is 5.92 Å². The van der Waals surface area contributed by atoms with Crippen molar-refractivity contribution in [3.8, 4) is 0 Å². The lowest BCUT2D eigenvalue weighted by molar-refractivity contribution is -0.142. The quantitative estimate of drug-likeness (QED) is 0.687. The minimum absolute atomic E-state index is 0. The van der Waals surface area contributed by atoms with Crippen molar-refractivity contribution in [1.29, 1.82) is 0 Å². The molecular weight excluding hydrogens is 403 g/mol. The number of halogens is 2. The van der Waals surface area contributed by atoms with Crippen LogP contribution in [0.15, 0.2) is 0 Å². The van der Waals surface area contributed by atoms with E-state index >= 15 is 0 Å². The van der Waals surface area contributed by atoms with Gasteiger partial charge < -0.3 is 20.7 Å². The van der Waals surface area contributed by atoms with E-state index in [-0.39, 0.29) is 36.6 Å². The fourth-order valence-corrected chi connectivity index (χ4v) is 4.42. The zero-order valence-electron chi connectivity index (χ0n) is 16.9. The number of hydrogen-bond donors (Lipinski definition) is 2. The van der Waals surface area contributed by atoms with Crippen molar-refractivity contribution in [2.24, 2.45) is 11.7 Å². The highest BCUT2D eigenvalue weighted by atomic mass is 35.5. The van der Waals surface area contributed by atoms with E-state index in [4.69, 9.17) is 10.5 Å². The molecule has 3 aliphatic rings. The second kappa shape index (κ2) is 11.6. The van der Waals surface area contributed by atoms with Crippen LogP contribution in [-0.2, 0) is 14.3 Å². The molecule has 2 heterocycles. The third-order valence-corrected chi connectivity index (χ3v) is 6.14. The number of rotatable bonds is 4. The number of hydrogen-bond acceptors (Lipinski definition) is 5. The van der Waals surface area contributed by atoms with Crippen molar-refractivity contribution in [2.45, 2.75) is 57.0 Å². The summed E-state index contributed by atoms with van der Waals surface area (Å²) >= 11 is 0. The Balaban J connectivity index is 0.00000196. The molecule has 9 heteroatoms. The Bertz CT molecular complexity index is 509. The van der Waals surface area contributed by atoms with E-state index < -0.39 is 5.54 Å². The topological polar surface area (TPSA) is 87.9 Å². The summed E-state index contributed by atoms with van der Waals surface area (Å²) in [5, 5.41) is 3.19. The number of ether oxygens (including phenoxy) is 1. The normalized spacial score (nSPS) is 27.9. The Morgan fingerprint density at radius 3 is 2.36 bits per heavy atom. The van der Waals surface area contributed by atoms with Gasteiger partial charge in [-0.25, -0.2) is 0 Å². The lowest BCUT2D eigenvalue weighted by Gasteiger charge is -2.40. The fraction of sp³-hybridized carbons (Fsp3) is 0.895. The van der Waals surface area contributed by atoms with E-state index in [0.29, 0.717) is 57.6 Å². The molecule has 1 aliphatic carbocycles. The molecule has 7 nitrogen and oxygen atoms in total. The number of nitrogens with zero attached hydrogens (tertiary/aromatic N) is 2. The molecule has 0 aromatic heterocycles. The Hall–Kier alpha value is -0.600. The molecular formula is C19H36Cl2N4O3. The first-order chi connectivity index (χ1) is 12.5. The first kappa shape index (κ1) is 25.4. The lowest BCUT2D eigenvalue weighted by atomic mass is 9.87. The predicted octanol–water partition coefficient (Wildman–Crippen LogP) is 1.18. The smallest absolute Gasteiger partial charge is 0.242 e. The number of amides is 2. The van der Waals surface area contributed by atoms with Gasteiger partial charge in [-0.15, -0.1) is 24.8 Å². The molecule has 2 atom stereocenters. The molecule has 2 unspecified atom stereocenters. The molecule has 0 aromatic rings. The first-order valence-electron chi connectivity index (χ1n) is 10.1. The summed E-state index contributed by atoms with van der Waals surface area (Å²) in [5.74, 6) is 0.863. The molecule has 28 heavy (non-hydrogen) atoms. The number of piperazine rings is 1. The molecule has 1 saturated carbocycles. The van der Waals surface area contributed by atoms with Crippen LogP contribution in [0.2, 0.25) is 0 Å².